The maximum atomic E-state index is 6.23. The molecule has 1 saturated heterocycles. The molecular formula is C13H25NO. The molecule has 2 rings (SSSR count). The van der Waals surface area contributed by atoms with Crippen LogP contribution in [-0.4, -0.2) is 25.3 Å². The van der Waals surface area contributed by atoms with Crippen LogP contribution in [0.2, 0.25) is 0 Å². The number of piperidine rings is 1. The number of ether oxygens (including phenoxy) is 1. The Morgan fingerprint density at radius 1 is 0.867 bits per heavy atom. The molecular weight excluding hydrogens is 186 g/mol. The Bertz CT molecular complexity index is 179. The second-order valence-corrected chi connectivity index (χ2v) is 5.62. The van der Waals surface area contributed by atoms with Crippen LogP contribution in [0.15, 0.2) is 0 Å². The number of hydrogen-bond acceptors (Lipinski definition) is 2. The number of hydrogen-bond donors (Lipinski definition) is 1. The zero-order valence-electron chi connectivity index (χ0n) is 10.2. The smallest absolute Gasteiger partial charge is 0.0603 e. The summed E-state index contributed by atoms with van der Waals surface area (Å²) in [4.78, 5) is 0. The zero-order chi connectivity index (χ0) is 10.7. The van der Waals surface area contributed by atoms with Crippen LogP contribution in [0.25, 0.3) is 0 Å². The van der Waals surface area contributed by atoms with Crippen molar-refractivity contribution in [2.75, 3.05) is 13.1 Å². The molecule has 15 heavy (non-hydrogen) atoms. The molecule has 0 bridgehead atoms. The van der Waals surface area contributed by atoms with Crippen LogP contribution in [0.4, 0.5) is 0 Å². The van der Waals surface area contributed by atoms with E-state index >= 15 is 0 Å². The third-order valence-electron chi connectivity index (χ3n) is 3.81. The molecule has 1 N–H and O–H groups in total. The van der Waals surface area contributed by atoms with Crippen LogP contribution >= 0.6 is 0 Å². The van der Waals surface area contributed by atoms with E-state index in [0.29, 0.717) is 12.2 Å². The Balaban J connectivity index is 1.77. The molecule has 0 amide bonds. The van der Waals surface area contributed by atoms with Crippen molar-refractivity contribution < 1.29 is 4.74 Å². The van der Waals surface area contributed by atoms with Gasteiger partial charge in [0, 0.05) is 0 Å². The molecule has 0 aromatic carbocycles. The van der Waals surface area contributed by atoms with Crippen molar-refractivity contribution >= 4 is 0 Å². The minimum atomic E-state index is 0.536. The van der Waals surface area contributed by atoms with Gasteiger partial charge in [0.15, 0.2) is 0 Å². The van der Waals surface area contributed by atoms with Crippen molar-refractivity contribution in [2.45, 2.75) is 58.2 Å². The first-order chi connectivity index (χ1) is 7.24. The van der Waals surface area contributed by atoms with Gasteiger partial charge in [-0.1, -0.05) is 13.8 Å². The van der Waals surface area contributed by atoms with Crippen LogP contribution in [0.3, 0.4) is 0 Å². The molecule has 0 spiro atoms. The predicted octanol–water partition coefficient (Wildman–Crippen LogP) is 2.58. The third-order valence-corrected chi connectivity index (χ3v) is 3.81. The summed E-state index contributed by atoms with van der Waals surface area (Å²) in [5.41, 5.74) is 0. The molecule has 1 saturated carbocycles. The van der Waals surface area contributed by atoms with Crippen molar-refractivity contribution in [3.63, 3.8) is 0 Å². The molecule has 1 heterocycles. The summed E-state index contributed by atoms with van der Waals surface area (Å²) in [6.45, 7) is 7.02. The largest absolute Gasteiger partial charge is 0.375 e. The Morgan fingerprint density at radius 2 is 1.47 bits per heavy atom. The van der Waals surface area contributed by atoms with Gasteiger partial charge in [-0.3, -0.25) is 0 Å². The minimum absolute atomic E-state index is 0.536. The number of nitrogens with one attached hydrogen (secondary N) is 1. The summed E-state index contributed by atoms with van der Waals surface area (Å²) in [5.74, 6) is 1.72. The maximum absolute atomic E-state index is 6.23. The highest BCUT2D eigenvalue weighted by Gasteiger charge is 2.27. The van der Waals surface area contributed by atoms with Gasteiger partial charge in [0.2, 0.25) is 0 Å². The van der Waals surface area contributed by atoms with E-state index in [4.69, 9.17) is 4.74 Å². The second kappa shape index (κ2) is 5.31. The van der Waals surface area contributed by atoms with Gasteiger partial charge in [-0.15, -0.1) is 0 Å². The molecule has 0 aromatic heterocycles. The van der Waals surface area contributed by atoms with Crippen molar-refractivity contribution in [3.8, 4) is 0 Å². The van der Waals surface area contributed by atoms with E-state index in [0.717, 1.165) is 24.9 Å². The molecule has 1 aliphatic heterocycles. The van der Waals surface area contributed by atoms with Crippen molar-refractivity contribution in [3.05, 3.63) is 0 Å². The highest BCUT2D eigenvalue weighted by molar-refractivity contribution is 4.78. The van der Waals surface area contributed by atoms with Crippen LogP contribution < -0.4 is 5.32 Å². The molecule has 2 nitrogen and oxygen atoms in total. The Kier molecular flexibility index (Phi) is 4.04. The Hall–Kier alpha value is -0.0800. The summed E-state index contributed by atoms with van der Waals surface area (Å²) in [5, 5.41) is 3.39. The molecule has 2 fully saturated rings. The monoisotopic (exact) mass is 211 g/mol. The van der Waals surface area contributed by atoms with Gasteiger partial charge in [0.1, 0.15) is 0 Å². The molecule has 88 valence electrons. The maximum Gasteiger partial charge on any atom is 0.0603 e. The summed E-state index contributed by atoms with van der Waals surface area (Å²) in [6.07, 6.45) is 7.47. The Morgan fingerprint density at radius 3 is 2.07 bits per heavy atom. The van der Waals surface area contributed by atoms with Gasteiger partial charge in [-0.25, -0.2) is 0 Å². The first kappa shape index (κ1) is 11.4. The fraction of sp³-hybridized carbons (Fsp3) is 1.00. The summed E-state index contributed by atoms with van der Waals surface area (Å²) in [7, 11) is 0. The predicted molar refractivity (Wildman–Crippen MR) is 62.9 cm³/mol. The lowest BCUT2D eigenvalue weighted by molar-refractivity contribution is -0.0591. The fourth-order valence-electron chi connectivity index (χ4n) is 3.19. The molecule has 1 aliphatic carbocycles. The van der Waals surface area contributed by atoms with E-state index in [9.17, 15) is 0 Å². The van der Waals surface area contributed by atoms with Crippen molar-refractivity contribution in [2.24, 2.45) is 11.8 Å². The molecule has 2 aliphatic rings. The van der Waals surface area contributed by atoms with Crippen LogP contribution in [0.1, 0.15) is 46.0 Å². The fourth-order valence-corrected chi connectivity index (χ4v) is 3.19. The van der Waals surface area contributed by atoms with Gasteiger partial charge in [0.05, 0.1) is 12.2 Å². The first-order valence-corrected chi connectivity index (χ1v) is 6.60. The standard InChI is InChI=1S/C13H25NO/c1-10-7-11(2)9-13(8-10)15-12-3-5-14-6-4-12/h10-14H,3-9H2,1-2H3. The normalized spacial score (nSPS) is 39.2. The SMILES string of the molecule is CC1CC(C)CC(OC2CCNCC2)C1. The topological polar surface area (TPSA) is 21.3 Å². The van der Waals surface area contributed by atoms with Crippen molar-refractivity contribution in [1.82, 2.24) is 5.32 Å². The zero-order valence-corrected chi connectivity index (χ0v) is 10.2. The van der Waals surface area contributed by atoms with E-state index < -0.39 is 0 Å². The van der Waals surface area contributed by atoms with Crippen LogP contribution in [0.5, 0.6) is 0 Å². The summed E-state index contributed by atoms with van der Waals surface area (Å²) < 4.78 is 6.23. The van der Waals surface area contributed by atoms with E-state index in [2.05, 4.69) is 19.2 Å². The average molecular weight is 211 g/mol. The Labute approximate surface area is 93.8 Å². The quantitative estimate of drug-likeness (QED) is 0.758. The van der Waals surface area contributed by atoms with Crippen LogP contribution in [0, 0.1) is 11.8 Å². The highest BCUT2D eigenvalue weighted by atomic mass is 16.5. The van der Waals surface area contributed by atoms with E-state index in [-0.39, 0.29) is 0 Å². The first-order valence-electron chi connectivity index (χ1n) is 6.60. The molecule has 2 unspecified atom stereocenters. The van der Waals surface area contributed by atoms with E-state index in [1.165, 1.54) is 32.1 Å². The second-order valence-electron chi connectivity index (χ2n) is 5.62. The van der Waals surface area contributed by atoms with Gasteiger partial charge in [-0.05, 0) is 57.0 Å². The van der Waals surface area contributed by atoms with Gasteiger partial charge in [-0.2, -0.15) is 0 Å². The third kappa shape index (κ3) is 3.46. The van der Waals surface area contributed by atoms with Gasteiger partial charge < -0.3 is 10.1 Å². The number of rotatable bonds is 2. The lowest BCUT2D eigenvalue weighted by atomic mass is 9.81. The average Bonchev–Trinajstić information content (AvgIpc) is 2.17. The van der Waals surface area contributed by atoms with Crippen molar-refractivity contribution in [1.29, 1.82) is 0 Å². The van der Waals surface area contributed by atoms with E-state index in [1.807, 2.05) is 0 Å². The highest BCUT2D eigenvalue weighted by Crippen LogP contribution is 2.31. The lowest BCUT2D eigenvalue weighted by Gasteiger charge is -2.35. The molecule has 0 radical (unpaired) electrons. The minimum Gasteiger partial charge on any atom is -0.375 e. The summed E-state index contributed by atoms with van der Waals surface area (Å²) in [6, 6.07) is 0. The van der Waals surface area contributed by atoms with Gasteiger partial charge in [0.25, 0.3) is 0 Å². The molecule has 2 heteroatoms. The summed E-state index contributed by atoms with van der Waals surface area (Å²) >= 11 is 0. The lowest BCUT2D eigenvalue weighted by Crippen LogP contribution is -2.37. The van der Waals surface area contributed by atoms with E-state index in [1.54, 1.807) is 0 Å². The van der Waals surface area contributed by atoms with Gasteiger partial charge >= 0.3 is 0 Å². The van der Waals surface area contributed by atoms with Crippen LogP contribution in [-0.2, 0) is 4.74 Å². The molecule has 2 atom stereocenters. The molecule has 0 aromatic rings.